The summed E-state index contributed by atoms with van der Waals surface area (Å²) in [6.07, 6.45) is 5.81. The van der Waals surface area contributed by atoms with Crippen LogP contribution in [0.1, 0.15) is 65.7 Å². The standard InChI is InChI=1S/C19H30O5/c1-13(2)15-6-5-14(3)18(11-15)23-16(20)12-17(24-18)7-4-8-19(17)21-9-10-22-19/h13-15H,4-12H2,1-3H3/t14-,15-,17+,18+/m1/s1. The number of carbonyl (C=O) groups is 1. The van der Waals surface area contributed by atoms with Crippen molar-refractivity contribution in [2.45, 2.75) is 82.9 Å². The first-order chi connectivity index (χ1) is 11.4. The molecular formula is C19H30O5. The van der Waals surface area contributed by atoms with E-state index >= 15 is 0 Å². The summed E-state index contributed by atoms with van der Waals surface area (Å²) in [5, 5.41) is 0. The van der Waals surface area contributed by atoms with E-state index in [1.54, 1.807) is 0 Å². The predicted molar refractivity (Wildman–Crippen MR) is 87.1 cm³/mol. The number of fused-ring (bicyclic) bond motifs is 1. The molecule has 0 amide bonds. The number of rotatable bonds is 1. The summed E-state index contributed by atoms with van der Waals surface area (Å²) in [7, 11) is 0. The lowest BCUT2D eigenvalue weighted by atomic mass is 9.72. The molecule has 0 aromatic carbocycles. The van der Waals surface area contributed by atoms with E-state index in [-0.39, 0.29) is 18.3 Å². The van der Waals surface area contributed by atoms with E-state index in [4.69, 9.17) is 18.9 Å². The van der Waals surface area contributed by atoms with E-state index in [0.717, 1.165) is 32.1 Å². The molecule has 2 saturated heterocycles. The highest BCUT2D eigenvalue weighted by Gasteiger charge is 2.67. The fourth-order valence-corrected chi connectivity index (χ4v) is 5.29. The molecule has 5 nitrogen and oxygen atoms in total. The van der Waals surface area contributed by atoms with Crippen LogP contribution in [-0.4, -0.2) is 36.4 Å². The van der Waals surface area contributed by atoms with Gasteiger partial charge in [0, 0.05) is 18.8 Å². The maximum atomic E-state index is 12.6. The van der Waals surface area contributed by atoms with Crippen LogP contribution < -0.4 is 0 Å². The number of hydrogen-bond acceptors (Lipinski definition) is 5. The minimum absolute atomic E-state index is 0.155. The second kappa shape index (κ2) is 5.68. The van der Waals surface area contributed by atoms with E-state index in [0.29, 0.717) is 25.0 Å². The van der Waals surface area contributed by atoms with Crippen LogP contribution in [0.3, 0.4) is 0 Å². The summed E-state index contributed by atoms with van der Waals surface area (Å²) in [5.41, 5.74) is -0.675. The molecule has 2 aliphatic carbocycles. The Kier molecular flexibility index (Phi) is 3.98. The highest BCUT2D eigenvalue weighted by molar-refractivity contribution is 5.72. The van der Waals surface area contributed by atoms with Crippen LogP contribution in [0.2, 0.25) is 0 Å². The Morgan fingerprint density at radius 2 is 1.88 bits per heavy atom. The van der Waals surface area contributed by atoms with E-state index in [1.807, 2.05) is 0 Å². The van der Waals surface area contributed by atoms with Gasteiger partial charge in [-0.3, -0.25) is 4.79 Å². The molecular weight excluding hydrogens is 308 g/mol. The van der Waals surface area contributed by atoms with E-state index in [1.165, 1.54) is 6.42 Å². The lowest BCUT2D eigenvalue weighted by Crippen LogP contribution is -2.65. The normalized spacial score (nSPS) is 44.8. The van der Waals surface area contributed by atoms with Crippen LogP contribution in [-0.2, 0) is 23.7 Å². The summed E-state index contributed by atoms with van der Waals surface area (Å²) in [4.78, 5) is 12.6. The molecule has 0 radical (unpaired) electrons. The number of ether oxygens (including phenoxy) is 4. The van der Waals surface area contributed by atoms with Crippen molar-refractivity contribution in [3.05, 3.63) is 0 Å². The average molecular weight is 338 g/mol. The zero-order valence-electron chi connectivity index (χ0n) is 15.1. The molecule has 4 atom stereocenters. The summed E-state index contributed by atoms with van der Waals surface area (Å²) in [5.74, 6) is -0.428. The minimum Gasteiger partial charge on any atom is -0.433 e. The van der Waals surface area contributed by atoms with Crippen molar-refractivity contribution in [2.75, 3.05) is 13.2 Å². The Bertz CT molecular complexity index is 506. The molecule has 4 aliphatic rings. The van der Waals surface area contributed by atoms with Gasteiger partial charge in [0.05, 0.1) is 19.6 Å². The van der Waals surface area contributed by atoms with Crippen molar-refractivity contribution in [3.63, 3.8) is 0 Å². The molecule has 24 heavy (non-hydrogen) atoms. The Morgan fingerprint density at radius 3 is 2.58 bits per heavy atom. The van der Waals surface area contributed by atoms with Gasteiger partial charge in [0.15, 0.2) is 5.79 Å². The third kappa shape index (κ3) is 2.35. The Hall–Kier alpha value is -0.650. The van der Waals surface area contributed by atoms with Gasteiger partial charge in [-0.2, -0.15) is 0 Å². The van der Waals surface area contributed by atoms with Gasteiger partial charge < -0.3 is 18.9 Å². The van der Waals surface area contributed by atoms with Crippen LogP contribution in [0.25, 0.3) is 0 Å². The Balaban J connectivity index is 1.68. The number of hydrogen-bond donors (Lipinski definition) is 0. The molecule has 0 aromatic heterocycles. The van der Waals surface area contributed by atoms with Crippen molar-refractivity contribution >= 4 is 5.97 Å². The molecule has 2 heterocycles. The van der Waals surface area contributed by atoms with Crippen molar-refractivity contribution < 1.29 is 23.7 Å². The van der Waals surface area contributed by atoms with Gasteiger partial charge in [-0.1, -0.05) is 20.8 Å². The number of esters is 1. The topological polar surface area (TPSA) is 54.0 Å². The van der Waals surface area contributed by atoms with E-state index in [9.17, 15) is 4.79 Å². The Morgan fingerprint density at radius 1 is 1.12 bits per heavy atom. The first-order valence-corrected chi connectivity index (χ1v) is 9.60. The lowest BCUT2D eigenvalue weighted by molar-refractivity contribution is -0.387. The SMILES string of the molecule is CC(C)[C@@H]1CC[C@@H](C)[C@@]2(C1)OC(=O)C[C@]1(CCCC13OCCO3)O2. The van der Waals surface area contributed by atoms with Gasteiger partial charge in [0.1, 0.15) is 5.60 Å². The fraction of sp³-hybridized carbons (Fsp3) is 0.947. The summed E-state index contributed by atoms with van der Waals surface area (Å²) in [6, 6.07) is 0. The van der Waals surface area contributed by atoms with Crippen molar-refractivity contribution in [1.29, 1.82) is 0 Å². The third-order valence-corrected chi connectivity index (χ3v) is 6.83. The molecule has 4 fully saturated rings. The van der Waals surface area contributed by atoms with Crippen LogP contribution in [0, 0.1) is 17.8 Å². The number of carbonyl (C=O) groups excluding carboxylic acids is 1. The quantitative estimate of drug-likeness (QED) is 0.686. The summed E-state index contributed by atoms with van der Waals surface area (Å²) >= 11 is 0. The van der Waals surface area contributed by atoms with Gasteiger partial charge in [-0.15, -0.1) is 0 Å². The third-order valence-electron chi connectivity index (χ3n) is 6.83. The van der Waals surface area contributed by atoms with Crippen LogP contribution in [0.5, 0.6) is 0 Å². The molecule has 2 aliphatic heterocycles. The predicted octanol–water partition coefficient (Wildman–Crippen LogP) is 3.40. The van der Waals surface area contributed by atoms with Gasteiger partial charge >= 0.3 is 5.97 Å². The molecule has 5 heteroatoms. The Labute approximate surface area is 144 Å². The van der Waals surface area contributed by atoms with Crippen LogP contribution >= 0.6 is 0 Å². The van der Waals surface area contributed by atoms with Gasteiger partial charge in [-0.25, -0.2) is 0 Å². The van der Waals surface area contributed by atoms with Crippen LogP contribution in [0.4, 0.5) is 0 Å². The van der Waals surface area contributed by atoms with E-state index < -0.39 is 17.2 Å². The van der Waals surface area contributed by atoms with E-state index in [2.05, 4.69) is 20.8 Å². The molecule has 136 valence electrons. The molecule has 0 aromatic rings. The maximum absolute atomic E-state index is 12.6. The van der Waals surface area contributed by atoms with Crippen molar-refractivity contribution in [1.82, 2.24) is 0 Å². The molecule has 3 spiro atoms. The minimum atomic E-state index is -0.810. The monoisotopic (exact) mass is 338 g/mol. The van der Waals surface area contributed by atoms with Crippen LogP contribution in [0.15, 0.2) is 0 Å². The fourth-order valence-electron chi connectivity index (χ4n) is 5.29. The maximum Gasteiger partial charge on any atom is 0.311 e. The molecule has 0 bridgehead atoms. The van der Waals surface area contributed by atoms with Gasteiger partial charge in [0.2, 0.25) is 5.79 Å². The van der Waals surface area contributed by atoms with Gasteiger partial charge in [0.25, 0.3) is 0 Å². The highest BCUT2D eigenvalue weighted by Crippen LogP contribution is 2.57. The largest absolute Gasteiger partial charge is 0.433 e. The van der Waals surface area contributed by atoms with Crippen molar-refractivity contribution in [2.24, 2.45) is 17.8 Å². The zero-order chi connectivity index (χ0) is 17.0. The highest BCUT2D eigenvalue weighted by atomic mass is 16.8. The second-order valence-electron chi connectivity index (χ2n) is 8.55. The smallest absolute Gasteiger partial charge is 0.311 e. The molecule has 4 rings (SSSR count). The zero-order valence-corrected chi connectivity index (χ0v) is 15.1. The molecule has 0 N–H and O–H groups in total. The van der Waals surface area contributed by atoms with Gasteiger partial charge in [-0.05, 0) is 37.5 Å². The van der Waals surface area contributed by atoms with Crippen molar-refractivity contribution in [3.8, 4) is 0 Å². The average Bonchev–Trinajstić information content (AvgIpc) is 3.11. The first-order valence-electron chi connectivity index (χ1n) is 9.60. The second-order valence-corrected chi connectivity index (χ2v) is 8.55. The summed E-state index contributed by atoms with van der Waals surface area (Å²) in [6.45, 7) is 7.81. The molecule has 2 saturated carbocycles. The lowest BCUT2D eigenvalue weighted by Gasteiger charge is -2.55. The molecule has 0 unspecified atom stereocenters. The first kappa shape index (κ1) is 16.8. The summed E-state index contributed by atoms with van der Waals surface area (Å²) < 4.78 is 24.8.